The zero-order chi connectivity index (χ0) is 37.9. The van der Waals surface area contributed by atoms with Crippen molar-refractivity contribution >= 4 is 47.0 Å². The van der Waals surface area contributed by atoms with Crippen molar-refractivity contribution in [2.75, 3.05) is 60.9 Å². The molecule has 16 heteroatoms. The number of benzene rings is 2. The van der Waals surface area contributed by atoms with Gasteiger partial charge in [-0.3, -0.25) is 10.6 Å². The van der Waals surface area contributed by atoms with Gasteiger partial charge in [-0.2, -0.15) is 0 Å². The molecular formula is C35H55N7O9. The van der Waals surface area contributed by atoms with E-state index in [-0.39, 0.29) is 43.5 Å². The van der Waals surface area contributed by atoms with Crippen LogP contribution in [0, 0.1) is 13.8 Å². The van der Waals surface area contributed by atoms with E-state index in [1.54, 1.807) is 43.3 Å². The second kappa shape index (κ2) is 22.2. The smallest absolute Gasteiger partial charge is 0.412 e. The summed E-state index contributed by atoms with van der Waals surface area (Å²) in [6, 6.07) is 8.86. The largest absolute Gasteiger partial charge is 0.445 e. The van der Waals surface area contributed by atoms with E-state index >= 15 is 0 Å². The summed E-state index contributed by atoms with van der Waals surface area (Å²) in [6.07, 6.45) is -2.38. The Kier molecular flexibility index (Phi) is 18.5. The number of amides is 6. The molecule has 0 saturated heterocycles. The summed E-state index contributed by atoms with van der Waals surface area (Å²) in [5.41, 5.74) is 9.05. The highest BCUT2D eigenvalue weighted by atomic mass is 16.6. The van der Waals surface area contributed by atoms with Gasteiger partial charge >= 0.3 is 24.2 Å². The molecule has 51 heavy (non-hydrogen) atoms. The van der Waals surface area contributed by atoms with Crippen molar-refractivity contribution in [1.29, 1.82) is 0 Å². The average Bonchev–Trinajstić information content (AvgIpc) is 3.03. The van der Waals surface area contributed by atoms with Gasteiger partial charge in [0.15, 0.2) is 0 Å². The first-order chi connectivity index (χ1) is 24.1. The Morgan fingerprint density at radius 1 is 0.647 bits per heavy atom. The first-order valence-electron chi connectivity index (χ1n) is 16.9. The highest BCUT2D eigenvalue weighted by molar-refractivity contribution is 5.93. The van der Waals surface area contributed by atoms with Crippen molar-refractivity contribution in [3.63, 3.8) is 0 Å². The summed E-state index contributed by atoms with van der Waals surface area (Å²) in [6.45, 7) is 16.2. The van der Waals surface area contributed by atoms with E-state index in [0.29, 0.717) is 49.2 Å². The highest BCUT2D eigenvalue weighted by Crippen LogP contribution is 2.22. The topological polar surface area (TPSA) is 213 Å². The lowest BCUT2D eigenvalue weighted by atomic mass is 10.2. The van der Waals surface area contributed by atoms with Crippen LogP contribution in [0.3, 0.4) is 0 Å². The van der Waals surface area contributed by atoms with Gasteiger partial charge in [0.2, 0.25) is 0 Å². The molecule has 0 aromatic heterocycles. The van der Waals surface area contributed by atoms with Crippen LogP contribution >= 0.6 is 0 Å². The molecule has 2 rings (SSSR count). The summed E-state index contributed by atoms with van der Waals surface area (Å²) in [4.78, 5) is 49.6. The lowest BCUT2D eigenvalue weighted by molar-refractivity contribution is -0.0268. The lowest BCUT2D eigenvalue weighted by Crippen LogP contribution is -2.39. The second-order valence-electron chi connectivity index (χ2n) is 12.6. The van der Waals surface area contributed by atoms with Crippen molar-refractivity contribution in [2.45, 2.75) is 85.7 Å². The van der Waals surface area contributed by atoms with Crippen LogP contribution in [0.25, 0.3) is 0 Å². The molecule has 8 N–H and O–H groups in total. The molecule has 0 aliphatic carbocycles. The predicted molar refractivity (Wildman–Crippen MR) is 197 cm³/mol. The van der Waals surface area contributed by atoms with E-state index in [2.05, 4.69) is 31.9 Å². The number of rotatable bonds is 19. The van der Waals surface area contributed by atoms with Crippen LogP contribution in [-0.4, -0.2) is 94.2 Å². The molecule has 0 aliphatic heterocycles. The number of anilines is 4. The molecule has 6 amide bonds. The van der Waals surface area contributed by atoms with Gasteiger partial charge in [0.05, 0.1) is 45.2 Å². The average molecular weight is 718 g/mol. The van der Waals surface area contributed by atoms with Crippen molar-refractivity contribution in [3.8, 4) is 0 Å². The number of aryl methyl sites for hydroxylation is 2. The zero-order valence-corrected chi connectivity index (χ0v) is 30.8. The highest BCUT2D eigenvalue weighted by Gasteiger charge is 2.15. The third kappa shape index (κ3) is 18.2. The van der Waals surface area contributed by atoms with Gasteiger partial charge in [0.25, 0.3) is 0 Å². The van der Waals surface area contributed by atoms with Crippen LogP contribution in [-0.2, 0) is 23.7 Å². The maximum absolute atomic E-state index is 12.6. The number of nitrogens with two attached hydrogens (primary N) is 1. The zero-order valence-electron chi connectivity index (χ0n) is 30.8. The fourth-order valence-corrected chi connectivity index (χ4v) is 4.22. The molecule has 2 aromatic rings. The van der Waals surface area contributed by atoms with Crippen LogP contribution in [0.2, 0.25) is 0 Å². The molecule has 0 heterocycles. The minimum Gasteiger partial charge on any atom is -0.445 e. The van der Waals surface area contributed by atoms with Crippen molar-refractivity contribution < 1.29 is 42.9 Å². The predicted octanol–water partition coefficient (Wildman–Crippen LogP) is 5.31. The van der Waals surface area contributed by atoms with E-state index in [1.165, 1.54) is 0 Å². The number of nitrogens with one attached hydrogen (secondary N) is 6. The van der Waals surface area contributed by atoms with Crippen LogP contribution in [0.15, 0.2) is 36.4 Å². The molecule has 4 atom stereocenters. The molecule has 0 bridgehead atoms. The van der Waals surface area contributed by atoms with Gasteiger partial charge in [-0.15, -0.1) is 0 Å². The van der Waals surface area contributed by atoms with Gasteiger partial charge in [-0.05, 0) is 90.8 Å². The minimum atomic E-state index is -0.777. The van der Waals surface area contributed by atoms with Gasteiger partial charge < -0.3 is 50.7 Å². The Bertz CT molecular complexity index is 1420. The number of urea groups is 2. The summed E-state index contributed by atoms with van der Waals surface area (Å²) in [7, 11) is 0. The van der Waals surface area contributed by atoms with E-state index in [1.807, 2.05) is 48.5 Å². The third-order valence-corrected chi connectivity index (χ3v) is 6.76. The Hall–Kier alpha value is -4.64. The molecule has 2 aromatic carbocycles. The number of carbonyl (C=O) groups excluding carboxylic acids is 4. The fraction of sp³-hybridized carbons (Fsp3) is 0.543. The molecule has 284 valence electrons. The first kappa shape index (κ1) is 42.5. The quantitative estimate of drug-likeness (QED) is 0.0930. The van der Waals surface area contributed by atoms with Gasteiger partial charge in [-0.25, -0.2) is 19.2 Å². The third-order valence-electron chi connectivity index (χ3n) is 6.76. The Morgan fingerprint density at radius 2 is 1.18 bits per heavy atom. The standard InChI is InChI=1S/C35H55N7O9/c1-21(2)37-32(43)41-30-16-29(12-10-22(30)3)40-35(46)51-27(8)20-50-34(45)39-28-11-9-23(4)31(15-28)42-33(44)38-25(6)18-47-13-14-48-19-26(7)49-17-24(5)36/h9-12,15-16,21,24-27H,13-14,17-20,36H2,1-8H3,(H,39,45)(H,40,46)(H2,37,41,43)(H2,38,42,44). The number of hydrogen-bond donors (Lipinski definition) is 7. The van der Waals surface area contributed by atoms with E-state index in [4.69, 9.17) is 29.4 Å². The summed E-state index contributed by atoms with van der Waals surface area (Å²) in [5, 5.41) is 16.3. The summed E-state index contributed by atoms with van der Waals surface area (Å²) < 4.78 is 27.2. The molecule has 4 unspecified atom stereocenters. The van der Waals surface area contributed by atoms with Crippen molar-refractivity contribution in [1.82, 2.24) is 10.6 Å². The molecule has 0 fully saturated rings. The lowest BCUT2D eigenvalue weighted by Gasteiger charge is -2.17. The minimum absolute atomic E-state index is 0.0293. The Morgan fingerprint density at radius 3 is 1.73 bits per heavy atom. The van der Waals surface area contributed by atoms with Crippen LogP contribution in [0.1, 0.15) is 52.7 Å². The molecular weight excluding hydrogens is 662 g/mol. The summed E-state index contributed by atoms with van der Waals surface area (Å²) in [5.74, 6) is 0. The molecule has 0 saturated carbocycles. The fourth-order valence-electron chi connectivity index (χ4n) is 4.22. The molecule has 16 nitrogen and oxygen atoms in total. The van der Waals surface area contributed by atoms with Crippen LogP contribution in [0.5, 0.6) is 0 Å². The SMILES string of the molecule is Cc1ccc(NC(=O)OC(C)COC(=O)Nc2ccc(C)c(NC(=O)NC(C)COCCOCC(C)OCC(C)N)c2)cc1NC(=O)NC(C)C. The Balaban J connectivity index is 1.73. The maximum atomic E-state index is 12.6. The van der Waals surface area contributed by atoms with Gasteiger partial charge in [0.1, 0.15) is 12.7 Å². The maximum Gasteiger partial charge on any atom is 0.412 e. The van der Waals surface area contributed by atoms with Gasteiger partial charge in [-0.1, -0.05) is 12.1 Å². The number of ether oxygens (including phenoxy) is 5. The molecule has 0 radical (unpaired) electrons. The second-order valence-corrected chi connectivity index (χ2v) is 12.6. The Labute approximate surface area is 300 Å². The monoisotopic (exact) mass is 717 g/mol. The van der Waals surface area contributed by atoms with Gasteiger partial charge in [0, 0.05) is 34.8 Å². The van der Waals surface area contributed by atoms with E-state index in [0.717, 1.165) is 11.1 Å². The van der Waals surface area contributed by atoms with E-state index < -0.39 is 24.3 Å². The van der Waals surface area contributed by atoms with Crippen molar-refractivity contribution in [3.05, 3.63) is 47.5 Å². The molecule has 0 spiro atoms. The van der Waals surface area contributed by atoms with Crippen LogP contribution in [0.4, 0.5) is 41.9 Å². The van der Waals surface area contributed by atoms with Crippen molar-refractivity contribution in [2.24, 2.45) is 5.73 Å². The van der Waals surface area contributed by atoms with Crippen LogP contribution < -0.4 is 37.6 Å². The number of hydrogen-bond acceptors (Lipinski definition) is 10. The molecule has 0 aliphatic rings. The first-order valence-corrected chi connectivity index (χ1v) is 16.9. The van der Waals surface area contributed by atoms with E-state index in [9.17, 15) is 19.2 Å². The normalized spacial score (nSPS) is 13.3. The summed E-state index contributed by atoms with van der Waals surface area (Å²) >= 11 is 0. The number of carbonyl (C=O) groups is 4.